The number of methoxy groups -OCH3 is 1. The number of aldehydes is 1. The van der Waals surface area contributed by atoms with Gasteiger partial charge >= 0.3 is 55.5 Å². The SMILES string of the molecule is COC(=O)c1cc(C(c2ccc3c(c2)C(=O)N(c2ccc(Oc4ccc(N5C(=O)c6ccc(C(c7ccc8c(c7)C(=O)N(c7ccc(Oc9ccc(N%10C(=O)c%11ccc(C(c%12ccc(C(=O)OC=O)c(C)c%12)(C(F)(F)F)C(F)(F)F)cc%11C%10O)cc9)cc7)C8=O)(C(F)(F)F)C(F)(F)F)cc6C5=O)cc4)cc2)C3=O)(C(F)(F)F)C(F)(F)F)ccc1C=O. The number of rotatable bonds is 18. The molecule has 0 spiro atoms. The van der Waals surface area contributed by atoms with Gasteiger partial charge in [-0.15, -0.1) is 0 Å². The molecule has 38 heteroatoms. The average molecular weight is 1700 g/mol. The molecule has 7 amide bonds. The Labute approximate surface area is 664 Å². The topological polar surface area (TPSA) is 258 Å². The molecule has 0 saturated heterocycles. The number of hydrogen-bond acceptors (Lipinski definition) is 16. The molecule has 0 bridgehead atoms. The van der Waals surface area contributed by atoms with Gasteiger partial charge in [0, 0.05) is 22.4 Å². The van der Waals surface area contributed by atoms with Crippen molar-refractivity contribution in [2.75, 3.05) is 26.7 Å². The lowest BCUT2D eigenvalue weighted by molar-refractivity contribution is -0.290. The quantitative estimate of drug-likeness (QED) is 0.0275. The zero-order chi connectivity index (χ0) is 87.9. The van der Waals surface area contributed by atoms with Gasteiger partial charge in [0.25, 0.3) is 41.4 Å². The highest BCUT2D eigenvalue weighted by Crippen LogP contribution is 2.61. The molecular formula is C83H44F18N4O16. The molecular weight excluding hydrogens is 1650 g/mol. The van der Waals surface area contributed by atoms with Gasteiger partial charge in [-0.2, -0.15) is 79.0 Å². The molecule has 4 aliphatic heterocycles. The first-order chi connectivity index (χ1) is 56.7. The first-order valence-electron chi connectivity index (χ1n) is 34.6. The van der Waals surface area contributed by atoms with Crippen LogP contribution in [-0.2, 0) is 30.5 Å². The lowest BCUT2D eigenvalue weighted by Gasteiger charge is -2.38. The predicted molar refractivity (Wildman–Crippen MR) is 381 cm³/mol. The number of aliphatic hydroxyl groups excluding tert-OH is 1. The molecule has 14 rings (SSSR count). The average Bonchev–Trinajstić information content (AvgIpc) is 1.65. The number of nitrogens with zero attached hydrogens (tertiary/aromatic N) is 4. The van der Waals surface area contributed by atoms with Gasteiger partial charge in [-0.25, -0.2) is 24.3 Å². The van der Waals surface area contributed by atoms with Crippen LogP contribution < -0.4 is 29.1 Å². The second-order valence-corrected chi connectivity index (χ2v) is 27.3. The Hall–Kier alpha value is -14.3. The molecule has 4 aliphatic rings. The largest absolute Gasteiger partial charge is 0.465 e. The number of alkyl halides is 18. The fourth-order valence-corrected chi connectivity index (χ4v) is 15.3. The molecule has 0 fully saturated rings. The number of halogens is 18. The third kappa shape index (κ3) is 12.9. The first kappa shape index (κ1) is 83.2. The molecule has 618 valence electrons. The standard InChI is InChI=1S/C83H44F18N4O16/c1-39-31-41(5-26-55(39)74(117)119-38-107)75(78(84,85)86,79(87,88)89)43-6-27-56-61(33-43)69(112)102(65(56)108)47-10-18-51(19-11-47)120-53-22-14-49(15-23-53)104-67(110)58-29-8-45(35-63(58)71(104)114)77(82(96,97)98,83(99,100)101)46-9-30-59-64(36-46)72(115)105(68(59)111)50-16-24-54(25-17-50)121-52-20-12-48(13-21-52)103-66(109)57-28-7-44(34-62(57)70(103)113)76(80(90,91)92,81(93,94)95)42-4-3-40(37-106)60(32-42)73(116)118-2/h3-38,69,112H,1-2H3. The van der Waals surface area contributed by atoms with Gasteiger partial charge in [0.1, 0.15) is 23.0 Å². The number of esters is 2. The highest BCUT2D eigenvalue weighted by molar-refractivity contribution is 6.36. The van der Waals surface area contributed by atoms with Crippen molar-refractivity contribution in [3.05, 3.63) is 306 Å². The maximum atomic E-state index is 15.8. The highest BCUT2D eigenvalue weighted by Gasteiger charge is 2.76. The number of anilines is 4. The first-order valence-corrected chi connectivity index (χ1v) is 34.6. The summed E-state index contributed by atoms with van der Waals surface area (Å²) in [5.41, 5.74) is -34.1. The molecule has 0 aromatic heterocycles. The second-order valence-electron chi connectivity index (χ2n) is 27.3. The third-order valence-electron chi connectivity index (χ3n) is 20.9. The van der Waals surface area contributed by atoms with Crippen molar-refractivity contribution in [3.63, 3.8) is 0 Å². The van der Waals surface area contributed by atoms with Crippen molar-refractivity contribution in [2.24, 2.45) is 0 Å². The summed E-state index contributed by atoms with van der Waals surface area (Å²) in [4.78, 5) is 146. The maximum absolute atomic E-state index is 15.8. The number of hydrogen-bond donors (Lipinski definition) is 1. The van der Waals surface area contributed by atoms with E-state index in [-0.39, 0.29) is 82.8 Å². The normalized spacial score (nSPS) is 15.2. The maximum Gasteiger partial charge on any atom is 0.411 e. The van der Waals surface area contributed by atoms with E-state index in [1.807, 2.05) is 0 Å². The van der Waals surface area contributed by atoms with Crippen LogP contribution in [0.2, 0.25) is 0 Å². The zero-order valence-corrected chi connectivity index (χ0v) is 60.5. The van der Waals surface area contributed by atoms with Crippen molar-refractivity contribution in [1.29, 1.82) is 0 Å². The number of imide groups is 3. The highest BCUT2D eigenvalue weighted by atomic mass is 19.4. The lowest BCUT2D eigenvalue weighted by Crippen LogP contribution is -2.55. The van der Waals surface area contributed by atoms with Crippen LogP contribution in [0.25, 0.3) is 0 Å². The lowest BCUT2D eigenvalue weighted by atomic mass is 9.71. The Kier molecular flexibility index (Phi) is 20.0. The number of amides is 7. The van der Waals surface area contributed by atoms with E-state index in [4.69, 9.17) is 9.47 Å². The van der Waals surface area contributed by atoms with E-state index < -0.39 is 213 Å². The Morgan fingerprint density at radius 3 is 0.959 bits per heavy atom. The minimum atomic E-state index is -6.39. The second kappa shape index (κ2) is 29.0. The van der Waals surface area contributed by atoms with Gasteiger partial charge in [0.2, 0.25) is 16.2 Å². The number of fused-ring (bicyclic) bond motifs is 4. The molecule has 10 aromatic carbocycles. The smallest absolute Gasteiger partial charge is 0.411 e. The molecule has 4 heterocycles. The molecule has 1 unspecified atom stereocenters. The number of carbonyl (C=O) groups excluding carboxylic acids is 11. The minimum Gasteiger partial charge on any atom is -0.465 e. The summed E-state index contributed by atoms with van der Waals surface area (Å²) in [5, 5.41) is 11.4. The van der Waals surface area contributed by atoms with E-state index in [1.165, 1.54) is 12.1 Å². The van der Waals surface area contributed by atoms with Crippen molar-refractivity contribution in [1.82, 2.24) is 0 Å². The van der Waals surface area contributed by atoms with E-state index in [2.05, 4.69) is 9.47 Å². The third-order valence-corrected chi connectivity index (χ3v) is 20.9. The fraction of sp³-hybridized carbons (Fsp3) is 0.145. The van der Waals surface area contributed by atoms with Crippen molar-refractivity contribution in [2.45, 2.75) is 66.5 Å². The van der Waals surface area contributed by atoms with Crippen LogP contribution in [0.3, 0.4) is 0 Å². The summed E-state index contributed by atoms with van der Waals surface area (Å²) in [5.74, 6) is -12.2. The zero-order valence-electron chi connectivity index (χ0n) is 60.5. The van der Waals surface area contributed by atoms with E-state index in [0.29, 0.717) is 105 Å². The van der Waals surface area contributed by atoms with Crippen LogP contribution in [0.15, 0.2) is 206 Å². The number of ether oxygens (including phenoxy) is 4. The molecule has 0 radical (unpaired) electrons. The van der Waals surface area contributed by atoms with Crippen LogP contribution in [0.5, 0.6) is 23.0 Å². The molecule has 0 saturated carbocycles. The van der Waals surface area contributed by atoms with Crippen LogP contribution >= 0.6 is 0 Å². The van der Waals surface area contributed by atoms with Gasteiger partial charge in [0.05, 0.1) is 68.7 Å². The van der Waals surface area contributed by atoms with E-state index in [1.54, 1.807) is 0 Å². The Balaban J connectivity index is 0.653. The monoisotopic (exact) mass is 1690 g/mol. The van der Waals surface area contributed by atoms with Gasteiger partial charge in [-0.05, 0) is 204 Å². The van der Waals surface area contributed by atoms with Crippen molar-refractivity contribution in [3.8, 4) is 23.0 Å². The fourth-order valence-electron chi connectivity index (χ4n) is 15.3. The molecule has 121 heavy (non-hydrogen) atoms. The molecule has 0 aliphatic carbocycles. The van der Waals surface area contributed by atoms with Gasteiger partial charge in [0.15, 0.2) is 12.5 Å². The van der Waals surface area contributed by atoms with Crippen LogP contribution in [0, 0.1) is 6.92 Å². The molecule has 10 aromatic rings. The minimum absolute atomic E-state index is 0.0110. The summed E-state index contributed by atoms with van der Waals surface area (Å²) in [6.07, 6.45) is -39.9. The van der Waals surface area contributed by atoms with Gasteiger partial charge in [-0.3, -0.25) is 48.1 Å². The van der Waals surface area contributed by atoms with Crippen molar-refractivity contribution < 1.29 is 156 Å². The summed E-state index contributed by atoms with van der Waals surface area (Å²) in [6, 6.07) is 24.9. The summed E-state index contributed by atoms with van der Waals surface area (Å²) in [7, 11) is 0.754. The number of benzene rings is 10. The summed E-state index contributed by atoms with van der Waals surface area (Å²) >= 11 is 0. The number of aryl methyl sites for hydroxylation is 1. The van der Waals surface area contributed by atoms with E-state index >= 15 is 79.0 Å². The van der Waals surface area contributed by atoms with E-state index in [9.17, 15) is 57.8 Å². The summed E-state index contributed by atoms with van der Waals surface area (Å²) < 4.78 is 298. The molecule has 1 atom stereocenters. The van der Waals surface area contributed by atoms with Gasteiger partial charge < -0.3 is 24.1 Å². The summed E-state index contributed by atoms with van der Waals surface area (Å²) in [6.45, 7) is 0.688. The Morgan fingerprint density at radius 2 is 0.636 bits per heavy atom. The van der Waals surface area contributed by atoms with Crippen LogP contribution in [0.4, 0.5) is 102 Å². The number of aliphatic hydroxyl groups is 1. The van der Waals surface area contributed by atoms with E-state index in [0.717, 1.165) is 99.0 Å². The Bertz CT molecular complexity index is 6060. The number of carbonyl (C=O) groups is 11. The van der Waals surface area contributed by atoms with Crippen LogP contribution in [-0.4, -0.2) is 115 Å². The Morgan fingerprint density at radius 1 is 0.339 bits per heavy atom. The van der Waals surface area contributed by atoms with Crippen molar-refractivity contribution >= 4 is 88.8 Å². The molecule has 1 N–H and O–H groups in total. The molecule has 20 nitrogen and oxygen atoms in total. The predicted octanol–water partition coefficient (Wildman–Crippen LogP) is 17.8. The van der Waals surface area contributed by atoms with Crippen LogP contribution in [0.1, 0.15) is 154 Å². The van der Waals surface area contributed by atoms with Gasteiger partial charge in [-0.1, -0.05) is 48.5 Å².